The molecule has 0 bridgehead atoms. The molecule has 1 unspecified atom stereocenters. The molecule has 1 atom stereocenters. The number of thioether (sulfide) groups is 1. The lowest BCUT2D eigenvalue weighted by atomic mass is 10.0. The summed E-state index contributed by atoms with van der Waals surface area (Å²) >= 11 is 1.26. The molecule has 0 aliphatic carbocycles. The van der Waals surface area contributed by atoms with E-state index in [0.717, 1.165) is 17.8 Å². The Labute approximate surface area is 146 Å². The number of carbonyl (C=O) groups is 2. The number of nitrogens with two attached hydrogens (primary N) is 1. The van der Waals surface area contributed by atoms with Crippen LogP contribution in [0.2, 0.25) is 0 Å². The lowest BCUT2D eigenvalue weighted by Gasteiger charge is -2.17. The summed E-state index contributed by atoms with van der Waals surface area (Å²) in [5.41, 5.74) is 9.75. The summed E-state index contributed by atoms with van der Waals surface area (Å²) in [5, 5.41) is 0.123. The van der Waals surface area contributed by atoms with E-state index in [2.05, 4.69) is 0 Å². The van der Waals surface area contributed by atoms with E-state index in [1.165, 1.54) is 22.9 Å². The average molecular weight is 340 g/mol. The molecule has 1 aliphatic heterocycles. The van der Waals surface area contributed by atoms with Crippen molar-refractivity contribution in [1.82, 2.24) is 0 Å². The molecule has 2 aromatic rings. The summed E-state index contributed by atoms with van der Waals surface area (Å²) in [6.45, 7) is 2.14. The number of carbonyl (C=O) groups excluding carboxylic acids is 2. The Morgan fingerprint density at radius 3 is 2.29 bits per heavy atom. The molecule has 3 rings (SSSR count). The van der Waals surface area contributed by atoms with Gasteiger partial charge in [0.05, 0.1) is 0 Å². The van der Waals surface area contributed by atoms with Gasteiger partial charge in [0, 0.05) is 36.5 Å². The number of amides is 1. The maximum atomic E-state index is 12.2. The smallest absolute Gasteiger partial charge is 0.228 e. The number of nitrogen functional groups attached to an aromatic ring is 1. The molecule has 0 saturated carbocycles. The number of hydrogen-bond donors (Lipinski definition) is 1. The van der Waals surface area contributed by atoms with Crippen molar-refractivity contribution in [1.29, 1.82) is 0 Å². The Bertz CT molecular complexity index is 741. The Kier molecular flexibility index (Phi) is 4.90. The highest BCUT2D eigenvalue weighted by Crippen LogP contribution is 2.29. The number of anilines is 2. The standard InChI is InChI=1S/C19H20N2O2S/c1-13(22)24-18-11-19(23)21(12-18)17-8-4-15(5-9-17)10-14-2-6-16(20)7-3-14/h2-9,18H,10-12,20H2,1H3. The van der Waals surface area contributed by atoms with Crippen molar-refractivity contribution in [3.8, 4) is 0 Å². The van der Waals surface area contributed by atoms with Gasteiger partial charge in [-0.05, 0) is 41.8 Å². The van der Waals surface area contributed by atoms with Crippen molar-refractivity contribution < 1.29 is 9.59 Å². The van der Waals surface area contributed by atoms with Crippen molar-refractivity contribution in [2.45, 2.75) is 25.0 Å². The average Bonchev–Trinajstić information content (AvgIpc) is 2.90. The zero-order chi connectivity index (χ0) is 17.1. The molecule has 1 aliphatic rings. The minimum atomic E-state index is 0.0597. The van der Waals surface area contributed by atoms with Gasteiger partial charge in [-0.15, -0.1) is 0 Å². The summed E-state index contributed by atoms with van der Waals surface area (Å²) in [6, 6.07) is 15.9. The van der Waals surface area contributed by atoms with Gasteiger partial charge < -0.3 is 10.6 Å². The minimum Gasteiger partial charge on any atom is -0.399 e. The van der Waals surface area contributed by atoms with Crippen LogP contribution in [-0.2, 0) is 16.0 Å². The molecule has 1 heterocycles. The first-order valence-electron chi connectivity index (χ1n) is 7.92. The van der Waals surface area contributed by atoms with Crippen LogP contribution in [0, 0.1) is 0 Å². The summed E-state index contributed by atoms with van der Waals surface area (Å²) in [7, 11) is 0. The Morgan fingerprint density at radius 1 is 1.12 bits per heavy atom. The van der Waals surface area contributed by atoms with Crippen LogP contribution in [0.15, 0.2) is 48.5 Å². The first kappa shape index (κ1) is 16.6. The monoisotopic (exact) mass is 340 g/mol. The van der Waals surface area contributed by atoms with Crippen LogP contribution in [-0.4, -0.2) is 22.8 Å². The van der Waals surface area contributed by atoms with Crippen LogP contribution >= 0.6 is 11.8 Å². The van der Waals surface area contributed by atoms with Crippen molar-refractivity contribution in [2.75, 3.05) is 17.2 Å². The van der Waals surface area contributed by atoms with E-state index in [1.807, 2.05) is 48.5 Å². The highest BCUT2D eigenvalue weighted by Gasteiger charge is 2.31. The lowest BCUT2D eigenvalue weighted by molar-refractivity contribution is -0.117. The lowest BCUT2D eigenvalue weighted by Crippen LogP contribution is -2.24. The fourth-order valence-corrected chi connectivity index (χ4v) is 3.82. The third kappa shape index (κ3) is 3.97. The van der Waals surface area contributed by atoms with Gasteiger partial charge in [0.15, 0.2) is 5.12 Å². The van der Waals surface area contributed by atoms with Gasteiger partial charge >= 0.3 is 0 Å². The molecule has 0 aromatic heterocycles. The number of hydrogen-bond acceptors (Lipinski definition) is 4. The quantitative estimate of drug-likeness (QED) is 0.868. The largest absolute Gasteiger partial charge is 0.399 e. The number of benzene rings is 2. The van der Waals surface area contributed by atoms with E-state index >= 15 is 0 Å². The Balaban J connectivity index is 1.67. The molecule has 5 heteroatoms. The van der Waals surface area contributed by atoms with Gasteiger partial charge in [0.25, 0.3) is 0 Å². The summed E-state index contributed by atoms with van der Waals surface area (Å²) in [5.74, 6) is 0.0834. The van der Waals surface area contributed by atoms with Gasteiger partial charge in [-0.2, -0.15) is 0 Å². The Hall–Kier alpha value is -2.27. The molecular weight excluding hydrogens is 320 g/mol. The number of nitrogens with zero attached hydrogens (tertiary/aromatic N) is 1. The molecule has 2 N–H and O–H groups in total. The van der Waals surface area contributed by atoms with Crippen LogP contribution in [0.25, 0.3) is 0 Å². The van der Waals surface area contributed by atoms with E-state index in [4.69, 9.17) is 5.73 Å². The van der Waals surface area contributed by atoms with E-state index < -0.39 is 0 Å². The van der Waals surface area contributed by atoms with E-state index in [-0.39, 0.29) is 16.3 Å². The first-order valence-corrected chi connectivity index (χ1v) is 8.80. The fourth-order valence-electron chi connectivity index (χ4n) is 2.90. The zero-order valence-electron chi connectivity index (χ0n) is 13.6. The highest BCUT2D eigenvalue weighted by molar-refractivity contribution is 8.14. The summed E-state index contributed by atoms with van der Waals surface area (Å²) in [6.07, 6.45) is 1.26. The Morgan fingerprint density at radius 2 is 1.71 bits per heavy atom. The van der Waals surface area contributed by atoms with Gasteiger partial charge in [-0.25, -0.2) is 0 Å². The second kappa shape index (κ2) is 7.09. The van der Waals surface area contributed by atoms with Crippen LogP contribution in [0.1, 0.15) is 24.5 Å². The van der Waals surface area contributed by atoms with Crippen LogP contribution in [0.3, 0.4) is 0 Å². The van der Waals surface area contributed by atoms with E-state index in [0.29, 0.717) is 13.0 Å². The third-order valence-electron chi connectivity index (χ3n) is 4.06. The minimum absolute atomic E-state index is 0.0597. The van der Waals surface area contributed by atoms with Crippen molar-refractivity contribution in [3.05, 3.63) is 59.7 Å². The molecule has 124 valence electrons. The normalized spacial score (nSPS) is 17.3. The second-order valence-electron chi connectivity index (χ2n) is 6.02. The molecule has 1 saturated heterocycles. The topological polar surface area (TPSA) is 63.4 Å². The molecule has 1 amide bonds. The maximum absolute atomic E-state index is 12.2. The van der Waals surface area contributed by atoms with Crippen molar-refractivity contribution in [3.63, 3.8) is 0 Å². The molecule has 1 fully saturated rings. The number of rotatable bonds is 4. The molecule has 4 nitrogen and oxygen atoms in total. The van der Waals surface area contributed by atoms with Crippen molar-refractivity contribution >= 4 is 34.2 Å². The molecule has 0 spiro atoms. The van der Waals surface area contributed by atoms with Gasteiger partial charge in [0.1, 0.15) is 0 Å². The third-order valence-corrected chi connectivity index (χ3v) is 5.04. The maximum Gasteiger partial charge on any atom is 0.228 e. The fraction of sp³-hybridized carbons (Fsp3) is 0.263. The first-order chi connectivity index (χ1) is 11.5. The van der Waals surface area contributed by atoms with Crippen LogP contribution in [0.5, 0.6) is 0 Å². The van der Waals surface area contributed by atoms with Gasteiger partial charge in [0.2, 0.25) is 5.91 Å². The van der Waals surface area contributed by atoms with E-state index in [1.54, 1.807) is 11.8 Å². The van der Waals surface area contributed by atoms with E-state index in [9.17, 15) is 9.59 Å². The van der Waals surface area contributed by atoms with Crippen LogP contribution < -0.4 is 10.6 Å². The van der Waals surface area contributed by atoms with Crippen molar-refractivity contribution in [2.24, 2.45) is 0 Å². The molecular formula is C19H20N2O2S. The molecule has 0 radical (unpaired) electrons. The molecule has 2 aromatic carbocycles. The molecule has 24 heavy (non-hydrogen) atoms. The van der Waals surface area contributed by atoms with Gasteiger partial charge in [-0.3, -0.25) is 9.59 Å². The zero-order valence-corrected chi connectivity index (χ0v) is 14.4. The highest BCUT2D eigenvalue weighted by atomic mass is 32.2. The summed E-state index contributed by atoms with van der Waals surface area (Å²) < 4.78 is 0. The van der Waals surface area contributed by atoms with Crippen LogP contribution in [0.4, 0.5) is 11.4 Å². The predicted octanol–water partition coefficient (Wildman–Crippen LogP) is 3.24. The predicted molar refractivity (Wildman–Crippen MR) is 99.1 cm³/mol. The summed E-state index contributed by atoms with van der Waals surface area (Å²) in [4.78, 5) is 25.1. The van der Waals surface area contributed by atoms with Gasteiger partial charge in [-0.1, -0.05) is 36.0 Å². The second-order valence-corrected chi connectivity index (χ2v) is 7.50. The SMILES string of the molecule is CC(=O)SC1CC(=O)N(c2ccc(Cc3ccc(N)cc3)cc2)C1.